The Bertz CT molecular complexity index is 485. The van der Waals surface area contributed by atoms with Crippen LogP contribution in [0.1, 0.15) is 25.8 Å². The van der Waals surface area contributed by atoms with Gasteiger partial charge in [0.1, 0.15) is 5.75 Å². The number of piperazine rings is 1. The lowest BCUT2D eigenvalue weighted by Crippen LogP contribution is -2.55. The number of hydrogen-bond donors (Lipinski definition) is 0. The maximum atomic E-state index is 8.86. The average Bonchev–Trinajstić information content (AvgIpc) is 2.49. The summed E-state index contributed by atoms with van der Waals surface area (Å²) in [6, 6.07) is 10.7. The lowest BCUT2D eigenvalue weighted by atomic mass is 10.1. The third-order valence-electron chi connectivity index (χ3n) is 4.29. The molecule has 0 N–H and O–H groups in total. The Morgan fingerprint density at radius 1 is 1.29 bits per heavy atom. The molecule has 0 bridgehead atoms. The second-order valence-corrected chi connectivity index (χ2v) is 5.96. The number of nitriles is 1. The summed E-state index contributed by atoms with van der Waals surface area (Å²) in [7, 11) is 2.21. The summed E-state index contributed by atoms with van der Waals surface area (Å²) >= 11 is 0. The smallest absolute Gasteiger partial charge is 0.120 e. The number of likely N-dealkylation sites (N-methyl/N-ethyl adjacent to an activating group) is 1. The number of hydrogen-bond acceptors (Lipinski definition) is 4. The molecule has 1 aliphatic rings. The van der Waals surface area contributed by atoms with Crippen molar-refractivity contribution in [3.8, 4) is 11.8 Å². The Hall–Kier alpha value is -1.57. The predicted octanol–water partition coefficient (Wildman–Crippen LogP) is 2.35. The molecular weight excluding hydrogens is 262 g/mol. The highest BCUT2D eigenvalue weighted by molar-refractivity contribution is 5.36. The van der Waals surface area contributed by atoms with Gasteiger partial charge in [-0.2, -0.15) is 5.26 Å². The number of ether oxygens (including phenoxy) is 1. The minimum atomic E-state index is 0.613. The fourth-order valence-electron chi connectivity index (χ4n) is 2.83. The maximum absolute atomic E-state index is 8.86. The van der Waals surface area contributed by atoms with Crippen LogP contribution in [0.15, 0.2) is 24.3 Å². The summed E-state index contributed by atoms with van der Waals surface area (Å²) in [5.41, 5.74) is 0.647. The van der Waals surface area contributed by atoms with Crippen molar-refractivity contribution in [2.45, 2.75) is 32.4 Å². The molecule has 1 aromatic carbocycles. The van der Waals surface area contributed by atoms with E-state index in [1.807, 2.05) is 12.1 Å². The Morgan fingerprint density at radius 2 is 2.00 bits per heavy atom. The molecule has 21 heavy (non-hydrogen) atoms. The van der Waals surface area contributed by atoms with E-state index < -0.39 is 0 Å². The van der Waals surface area contributed by atoms with E-state index in [1.165, 1.54) is 0 Å². The summed E-state index contributed by atoms with van der Waals surface area (Å²) < 4.78 is 5.73. The molecule has 4 heteroatoms. The van der Waals surface area contributed by atoms with E-state index in [1.54, 1.807) is 12.1 Å². The third-order valence-corrected chi connectivity index (χ3v) is 4.29. The zero-order chi connectivity index (χ0) is 15.2. The first-order valence-corrected chi connectivity index (χ1v) is 7.67. The van der Waals surface area contributed by atoms with Crippen LogP contribution in [0.25, 0.3) is 0 Å². The van der Waals surface area contributed by atoms with Crippen molar-refractivity contribution >= 4 is 0 Å². The van der Waals surface area contributed by atoms with Crippen molar-refractivity contribution in [1.29, 1.82) is 5.26 Å². The van der Waals surface area contributed by atoms with E-state index >= 15 is 0 Å². The standard InChI is InChI=1S/C17H25N3O/c1-14-12-20(13-15(2)19(14)3)8-5-9-21-17-7-4-6-16(10-17)11-18/h4,6-7,10,14-15H,5,8-9,12-13H2,1-3H3. The quantitative estimate of drug-likeness (QED) is 0.779. The SMILES string of the molecule is CC1CN(CCCOc2cccc(C#N)c2)CC(C)N1C. The highest BCUT2D eigenvalue weighted by atomic mass is 16.5. The van der Waals surface area contributed by atoms with Gasteiger partial charge < -0.3 is 9.64 Å². The number of rotatable bonds is 5. The highest BCUT2D eigenvalue weighted by Crippen LogP contribution is 2.15. The fraction of sp³-hybridized carbons (Fsp3) is 0.588. The molecule has 114 valence electrons. The molecule has 0 spiro atoms. The van der Waals surface area contributed by atoms with Crippen LogP contribution in [0.2, 0.25) is 0 Å². The van der Waals surface area contributed by atoms with Crippen LogP contribution in [-0.2, 0) is 0 Å². The van der Waals surface area contributed by atoms with Gasteiger partial charge in [0.15, 0.2) is 0 Å². The second kappa shape index (κ2) is 7.44. The lowest BCUT2D eigenvalue weighted by Gasteiger charge is -2.42. The van der Waals surface area contributed by atoms with Gasteiger partial charge in [0.25, 0.3) is 0 Å². The van der Waals surface area contributed by atoms with Crippen LogP contribution in [0.3, 0.4) is 0 Å². The van der Waals surface area contributed by atoms with Gasteiger partial charge in [-0.25, -0.2) is 0 Å². The number of nitrogens with zero attached hydrogens (tertiary/aromatic N) is 3. The minimum Gasteiger partial charge on any atom is -0.494 e. The van der Waals surface area contributed by atoms with E-state index in [4.69, 9.17) is 10.00 Å². The van der Waals surface area contributed by atoms with Crippen LogP contribution in [-0.4, -0.2) is 55.2 Å². The van der Waals surface area contributed by atoms with Gasteiger partial charge >= 0.3 is 0 Å². The lowest BCUT2D eigenvalue weighted by molar-refractivity contribution is 0.0571. The van der Waals surface area contributed by atoms with Crippen LogP contribution in [0, 0.1) is 11.3 Å². The van der Waals surface area contributed by atoms with E-state index in [0.29, 0.717) is 24.3 Å². The van der Waals surface area contributed by atoms with E-state index in [0.717, 1.165) is 31.8 Å². The largest absolute Gasteiger partial charge is 0.494 e. The van der Waals surface area contributed by atoms with Crippen LogP contribution in [0.4, 0.5) is 0 Å². The summed E-state index contributed by atoms with van der Waals surface area (Å²) in [6.07, 6.45) is 1.01. The topological polar surface area (TPSA) is 39.5 Å². The predicted molar refractivity (Wildman–Crippen MR) is 84.4 cm³/mol. The maximum Gasteiger partial charge on any atom is 0.120 e. The Morgan fingerprint density at radius 3 is 2.67 bits per heavy atom. The summed E-state index contributed by atoms with van der Waals surface area (Å²) in [6.45, 7) is 8.60. The monoisotopic (exact) mass is 287 g/mol. The molecule has 0 radical (unpaired) electrons. The van der Waals surface area contributed by atoms with Crippen LogP contribution in [0.5, 0.6) is 5.75 Å². The van der Waals surface area contributed by atoms with E-state index in [2.05, 4.69) is 36.8 Å². The highest BCUT2D eigenvalue weighted by Gasteiger charge is 2.25. The van der Waals surface area contributed by atoms with Crippen molar-refractivity contribution in [3.05, 3.63) is 29.8 Å². The molecular formula is C17H25N3O. The van der Waals surface area contributed by atoms with Gasteiger partial charge in [0.2, 0.25) is 0 Å². The van der Waals surface area contributed by atoms with Crippen molar-refractivity contribution in [1.82, 2.24) is 9.80 Å². The molecule has 1 saturated heterocycles. The summed E-state index contributed by atoms with van der Waals surface area (Å²) in [4.78, 5) is 4.96. The Balaban J connectivity index is 1.71. The molecule has 0 amide bonds. The number of benzene rings is 1. The molecule has 2 atom stereocenters. The van der Waals surface area contributed by atoms with Gasteiger partial charge in [-0.3, -0.25) is 4.90 Å². The molecule has 1 aliphatic heterocycles. The first-order valence-electron chi connectivity index (χ1n) is 7.67. The van der Waals surface area contributed by atoms with Gasteiger partial charge in [-0.05, 0) is 45.5 Å². The molecule has 2 rings (SSSR count). The average molecular weight is 287 g/mol. The molecule has 0 aromatic heterocycles. The van der Waals surface area contributed by atoms with Gasteiger partial charge in [0, 0.05) is 31.7 Å². The van der Waals surface area contributed by atoms with Gasteiger partial charge in [-0.15, -0.1) is 0 Å². The molecule has 1 heterocycles. The molecule has 1 fully saturated rings. The molecule has 2 unspecified atom stereocenters. The summed E-state index contributed by atoms with van der Waals surface area (Å²) in [5.74, 6) is 0.786. The van der Waals surface area contributed by atoms with Crippen molar-refractivity contribution in [2.75, 3.05) is 33.3 Å². The first kappa shape index (κ1) is 15.8. The van der Waals surface area contributed by atoms with E-state index in [-0.39, 0.29) is 0 Å². The van der Waals surface area contributed by atoms with Gasteiger partial charge in [0.05, 0.1) is 18.2 Å². The van der Waals surface area contributed by atoms with Crippen molar-refractivity contribution < 1.29 is 4.74 Å². The Kier molecular flexibility index (Phi) is 5.60. The van der Waals surface area contributed by atoms with Crippen molar-refractivity contribution in [2.24, 2.45) is 0 Å². The molecule has 4 nitrogen and oxygen atoms in total. The second-order valence-electron chi connectivity index (χ2n) is 5.96. The normalized spacial score (nSPS) is 23.7. The molecule has 1 aromatic rings. The van der Waals surface area contributed by atoms with Crippen LogP contribution >= 0.6 is 0 Å². The fourth-order valence-corrected chi connectivity index (χ4v) is 2.83. The summed E-state index contributed by atoms with van der Waals surface area (Å²) in [5, 5.41) is 8.86. The van der Waals surface area contributed by atoms with Crippen LogP contribution < -0.4 is 4.74 Å². The minimum absolute atomic E-state index is 0.613. The zero-order valence-corrected chi connectivity index (χ0v) is 13.2. The zero-order valence-electron chi connectivity index (χ0n) is 13.2. The van der Waals surface area contributed by atoms with E-state index in [9.17, 15) is 0 Å². The molecule has 0 aliphatic carbocycles. The Labute approximate surface area is 127 Å². The molecule has 0 saturated carbocycles. The third kappa shape index (κ3) is 4.45. The van der Waals surface area contributed by atoms with Crippen molar-refractivity contribution in [3.63, 3.8) is 0 Å². The first-order chi connectivity index (χ1) is 10.1. The van der Waals surface area contributed by atoms with Gasteiger partial charge in [-0.1, -0.05) is 6.07 Å².